The third kappa shape index (κ3) is 4.89. The van der Waals surface area contributed by atoms with Crippen LogP contribution in [0.2, 0.25) is 0 Å². The number of hydrogen-bond acceptors (Lipinski definition) is 3. The number of furan rings is 1. The highest BCUT2D eigenvalue weighted by Crippen LogP contribution is 2.41. The lowest BCUT2D eigenvalue weighted by Gasteiger charge is -2.15. The van der Waals surface area contributed by atoms with Gasteiger partial charge in [-0.1, -0.05) is 29.8 Å². The number of aryl methyl sites for hydroxylation is 3. The molecule has 186 valence electrons. The highest BCUT2D eigenvalue weighted by Gasteiger charge is 2.20. The second kappa shape index (κ2) is 10.4. The lowest BCUT2D eigenvalue weighted by molar-refractivity contribution is -0.116. The van der Waals surface area contributed by atoms with Gasteiger partial charge in [-0.3, -0.25) is 4.79 Å². The molecule has 0 saturated carbocycles. The molecule has 0 fully saturated rings. The molecule has 0 unspecified atom stereocenters. The first kappa shape index (κ1) is 25.2. The van der Waals surface area contributed by atoms with Crippen LogP contribution < -0.4 is 10.1 Å². The monoisotopic (exact) mass is 489 g/mol. The molecular weight excluding hydrogens is 460 g/mol. The van der Waals surface area contributed by atoms with Crippen LogP contribution in [0.15, 0.2) is 59.2 Å². The molecule has 0 aliphatic rings. The zero-order chi connectivity index (χ0) is 26.0. The quantitative estimate of drug-likeness (QED) is 0.275. The lowest BCUT2D eigenvalue weighted by Crippen LogP contribution is -2.22. The summed E-state index contributed by atoms with van der Waals surface area (Å²) in [7, 11) is 0. The maximum absolute atomic E-state index is 13.9. The van der Waals surface area contributed by atoms with Crippen LogP contribution in [0.25, 0.3) is 27.7 Å². The minimum atomic E-state index is -0.699. The van der Waals surface area contributed by atoms with Crippen molar-refractivity contribution in [2.24, 2.45) is 0 Å². The normalized spacial score (nSPS) is 11.7. The standard InChI is InChI=1S/C30H29F2NO3/c1-6-35-29-20(5)30-23(25(16-36-30)21-11-10-17(2)12-18(21)3)14-22(29)19(4)13-28(34)33-15-24-26(31)8-7-9-27(24)32/h7-14,16H,6,15H2,1-5H3,(H,33,34)/b19-13+. The molecular formula is C30H29F2NO3. The van der Waals surface area contributed by atoms with Crippen molar-refractivity contribution in [3.8, 4) is 16.9 Å². The molecule has 36 heavy (non-hydrogen) atoms. The topological polar surface area (TPSA) is 51.5 Å². The van der Waals surface area contributed by atoms with E-state index in [2.05, 4.69) is 37.4 Å². The summed E-state index contributed by atoms with van der Waals surface area (Å²) < 4.78 is 39.8. The van der Waals surface area contributed by atoms with Crippen molar-refractivity contribution in [2.75, 3.05) is 6.61 Å². The molecule has 1 heterocycles. The fraction of sp³-hybridized carbons (Fsp3) is 0.233. The maximum atomic E-state index is 13.9. The Bertz CT molecular complexity index is 1460. The first-order valence-electron chi connectivity index (χ1n) is 11.9. The van der Waals surface area contributed by atoms with Crippen molar-refractivity contribution in [1.82, 2.24) is 5.32 Å². The Balaban J connectivity index is 1.73. The number of hydrogen-bond donors (Lipinski definition) is 1. The number of fused-ring (bicyclic) bond motifs is 1. The number of halogens is 2. The van der Waals surface area contributed by atoms with Crippen molar-refractivity contribution >= 4 is 22.4 Å². The van der Waals surface area contributed by atoms with E-state index < -0.39 is 17.5 Å². The van der Waals surface area contributed by atoms with Gasteiger partial charge in [-0.2, -0.15) is 0 Å². The largest absolute Gasteiger partial charge is 0.493 e. The van der Waals surface area contributed by atoms with Crippen LogP contribution in [0.3, 0.4) is 0 Å². The zero-order valence-corrected chi connectivity index (χ0v) is 21.1. The highest BCUT2D eigenvalue weighted by atomic mass is 19.1. The molecule has 0 saturated heterocycles. The second-order valence-electron chi connectivity index (χ2n) is 8.90. The van der Waals surface area contributed by atoms with Crippen molar-refractivity contribution in [3.05, 3.63) is 94.3 Å². The van der Waals surface area contributed by atoms with Crippen LogP contribution in [0, 0.1) is 32.4 Å². The molecule has 4 nitrogen and oxygen atoms in total. The Morgan fingerprint density at radius 3 is 2.44 bits per heavy atom. The van der Waals surface area contributed by atoms with E-state index in [9.17, 15) is 13.6 Å². The minimum Gasteiger partial charge on any atom is -0.493 e. The average molecular weight is 490 g/mol. The fourth-order valence-electron chi connectivity index (χ4n) is 4.47. The van der Waals surface area contributed by atoms with E-state index in [1.807, 2.05) is 26.8 Å². The van der Waals surface area contributed by atoms with Crippen LogP contribution in [-0.4, -0.2) is 12.5 Å². The third-order valence-electron chi connectivity index (χ3n) is 6.28. The molecule has 1 amide bonds. The Hall–Kier alpha value is -3.93. The summed E-state index contributed by atoms with van der Waals surface area (Å²) in [5.41, 5.74) is 7.14. The molecule has 1 aromatic heterocycles. The van der Waals surface area contributed by atoms with E-state index in [0.717, 1.165) is 50.9 Å². The summed E-state index contributed by atoms with van der Waals surface area (Å²) in [5, 5.41) is 3.49. The van der Waals surface area contributed by atoms with Crippen LogP contribution in [0.4, 0.5) is 8.78 Å². The van der Waals surface area contributed by atoms with Gasteiger partial charge >= 0.3 is 0 Å². The molecule has 6 heteroatoms. The van der Waals surface area contributed by atoms with Crippen LogP contribution in [-0.2, 0) is 11.3 Å². The molecule has 0 aliphatic carbocycles. The summed E-state index contributed by atoms with van der Waals surface area (Å²) in [6, 6.07) is 11.9. The second-order valence-corrected chi connectivity index (χ2v) is 8.90. The van der Waals surface area contributed by atoms with Crippen LogP contribution in [0.1, 0.15) is 41.7 Å². The smallest absolute Gasteiger partial charge is 0.244 e. The molecule has 3 aromatic carbocycles. The van der Waals surface area contributed by atoms with E-state index in [1.54, 1.807) is 6.26 Å². The number of ether oxygens (including phenoxy) is 1. The first-order valence-corrected chi connectivity index (χ1v) is 11.9. The van der Waals surface area contributed by atoms with E-state index in [-0.39, 0.29) is 12.1 Å². The van der Waals surface area contributed by atoms with Gasteiger partial charge in [-0.25, -0.2) is 8.78 Å². The average Bonchev–Trinajstić information content (AvgIpc) is 3.24. The van der Waals surface area contributed by atoms with Crippen LogP contribution in [0.5, 0.6) is 5.75 Å². The van der Waals surface area contributed by atoms with Crippen molar-refractivity contribution < 1.29 is 22.7 Å². The number of nitrogens with one attached hydrogen (secondary N) is 1. The van der Waals surface area contributed by atoms with Crippen molar-refractivity contribution in [1.29, 1.82) is 0 Å². The van der Waals surface area contributed by atoms with Gasteiger partial charge in [0, 0.05) is 40.3 Å². The molecule has 0 radical (unpaired) electrons. The van der Waals surface area contributed by atoms with Gasteiger partial charge < -0.3 is 14.5 Å². The summed E-state index contributed by atoms with van der Waals surface area (Å²) >= 11 is 0. The van der Waals surface area contributed by atoms with Crippen molar-refractivity contribution in [3.63, 3.8) is 0 Å². The predicted molar refractivity (Wildman–Crippen MR) is 139 cm³/mol. The van der Waals surface area contributed by atoms with E-state index in [0.29, 0.717) is 17.9 Å². The summed E-state index contributed by atoms with van der Waals surface area (Å²) in [6.45, 7) is 9.94. The van der Waals surface area contributed by atoms with Gasteiger partial charge in [-0.05, 0) is 69.5 Å². The Morgan fingerprint density at radius 1 is 1.06 bits per heavy atom. The predicted octanol–water partition coefficient (Wildman–Crippen LogP) is 7.42. The summed E-state index contributed by atoms with van der Waals surface area (Å²) in [5.74, 6) is -1.23. The number of carbonyl (C=O) groups excluding carboxylic acids is 1. The SMILES string of the molecule is CCOc1c(/C(C)=C/C(=O)NCc2c(F)cccc2F)cc2c(-c3ccc(C)cc3C)coc2c1C. The molecule has 0 aliphatic heterocycles. The van der Waals surface area contributed by atoms with E-state index in [1.165, 1.54) is 17.7 Å². The van der Waals surface area contributed by atoms with Gasteiger partial charge in [0.2, 0.25) is 5.91 Å². The van der Waals surface area contributed by atoms with Gasteiger partial charge in [0.15, 0.2) is 0 Å². The Kier molecular flexibility index (Phi) is 7.25. The number of carbonyl (C=O) groups is 1. The molecule has 4 aromatic rings. The van der Waals surface area contributed by atoms with Gasteiger partial charge in [0.05, 0.1) is 12.9 Å². The van der Waals surface area contributed by atoms with Crippen molar-refractivity contribution in [2.45, 2.75) is 41.2 Å². The van der Waals surface area contributed by atoms with Gasteiger partial charge in [-0.15, -0.1) is 0 Å². The number of rotatable bonds is 7. The first-order chi connectivity index (χ1) is 17.2. The number of amides is 1. The van der Waals surface area contributed by atoms with Crippen LogP contribution >= 0.6 is 0 Å². The Morgan fingerprint density at radius 2 is 1.78 bits per heavy atom. The minimum absolute atomic E-state index is 0.180. The maximum Gasteiger partial charge on any atom is 0.244 e. The molecule has 0 spiro atoms. The summed E-state index contributed by atoms with van der Waals surface area (Å²) in [4.78, 5) is 12.7. The summed E-state index contributed by atoms with van der Waals surface area (Å²) in [6.07, 6.45) is 3.17. The molecule has 0 atom stereocenters. The number of allylic oxidation sites excluding steroid dienone is 1. The molecule has 0 bridgehead atoms. The third-order valence-corrected chi connectivity index (χ3v) is 6.28. The van der Waals surface area contributed by atoms with E-state index >= 15 is 0 Å². The lowest BCUT2D eigenvalue weighted by atomic mass is 9.94. The highest BCUT2D eigenvalue weighted by molar-refractivity contribution is 6.02. The fourth-order valence-corrected chi connectivity index (χ4v) is 4.47. The van der Waals surface area contributed by atoms with Gasteiger partial charge in [0.25, 0.3) is 0 Å². The molecule has 1 N–H and O–H groups in total. The van der Waals surface area contributed by atoms with Gasteiger partial charge in [0.1, 0.15) is 23.0 Å². The van der Waals surface area contributed by atoms with E-state index in [4.69, 9.17) is 9.15 Å². The Labute approximate surface area is 209 Å². The molecule has 4 rings (SSSR count). The zero-order valence-electron chi connectivity index (χ0n) is 21.1. The number of benzene rings is 3.